The minimum Gasteiger partial charge on any atom is -0.398 e. The van der Waals surface area contributed by atoms with E-state index in [0.717, 1.165) is 6.07 Å². The summed E-state index contributed by atoms with van der Waals surface area (Å²) in [5.74, 6) is -0.777. The fourth-order valence-electron chi connectivity index (χ4n) is 1.45. The Morgan fingerprint density at radius 1 is 1.44 bits per heavy atom. The largest absolute Gasteiger partial charge is 0.398 e. The van der Waals surface area contributed by atoms with Crippen LogP contribution in [0.3, 0.4) is 0 Å². The maximum atomic E-state index is 11.1. The molecule has 0 radical (unpaired) electrons. The second-order valence-corrected chi connectivity index (χ2v) is 3.77. The van der Waals surface area contributed by atoms with Crippen LogP contribution in [0.25, 0.3) is 0 Å². The summed E-state index contributed by atoms with van der Waals surface area (Å²) in [6, 6.07) is 2.47. The fraction of sp³-hybridized carbons (Fsp3) is 0.300. The van der Waals surface area contributed by atoms with Crippen molar-refractivity contribution in [1.29, 1.82) is 0 Å². The Morgan fingerprint density at radius 2 is 2.00 bits per heavy atom. The van der Waals surface area contributed by atoms with E-state index < -0.39 is 10.8 Å². The molecule has 0 aliphatic heterocycles. The van der Waals surface area contributed by atoms with Gasteiger partial charge in [-0.1, -0.05) is 13.8 Å². The van der Waals surface area contributed by atoms with E-state index in [0.29, 0.717) is 5.56 Å². The molecular formula is C10H13N3O3. The Kier molecular flexibility index (Phi) is 3.12. The molecule has 1 aromatic carbocycles. The molecule has 0 fully saturated rings. The van der Waals surface area contributed by atoms with Crippen molar-refractivity contribution in [3.63, 3.8) is 0 Å². The highest BCUT2D eigenvalue weighted by Gasteiger charge is 2.19. The summed E-state index contributed by atoms with van der Waals surface area (Å²) in [6.07, 6.45) is 0. The number of anilines is 1. The molecule has 1 aromatic rings. The summed E-state index contributed by atoms with van der Waals surface area (Å²) in [5.41, 5.74) is 11.4. The van der Waals surface area contributed by atoms with Crippen LogP contribution >= 0.6 is 0 Å². The van der Waals surface area contributed by atoms with Crippen LogP contribution in [0, 0.1) is 10.1 Å². The van der Waals surface area contributed by atoms with Gasteiger partial charge in [-0.15, -0.1) is 0 Å². The molecule has 0 saturated carbocycles. The Hall–Kier alpha value is -2.11. The van der Waals surface area contributed by atoms with Gasteiger partial charge >= 0.3 is 0 Å². The number of hydrogen-bond acceptors (Lipinski definition) is 4. The monoisotopic (exact) mass is 223 g/mol. The smallest absolute Gasteiger partial charge is 0.270 e. The number of hydrogen-bond donors (Lipinski definition) is 2. The van der Waals surface area contributed by atoms with Gasteiger partial charge in [-0.05, 0) is 11.5 Å². The quantitative estimate of drug-likeness (QED) is 0.458. The van der Waals surface area contributed by atoms with Gasteiger partial charge in [-0.2, -0.15) is 0 Å². The van der Waals surface area contributed by atoms with Crippen LogP contribution in [0.1, 0.15) is 35.7 Å². The van der Waals surface area contributed by atoms with Crippen LogP contribution in [0.5, 0.6) is 0 Å². The third-order valence-corrected chi connectivity index (χ3v) is 2.30. The van der Waals surface area contributed by atoms with E-state index >= 15 is 0 Å². The number of carbonyl (C=O) groups is 1. The summed E-state index contributed by atoms with van der Waals surface area (Å²) in [4.78, 5) is 21.2. The van der Waals surface area contributed by atoms with Gasteiger partial charge in [0, 0.05) is 17.8 Å². The normalized spacial score (nSPS) is 10.4. The minimum absolute atomic E-state index is 0.00194. The number of carbonyl (C=O) groups excluding carboxylic acids is 1. The molecule has 0 spiro atoms. The standard InChI is InChI=1S/C10H13N3O3/c1-5(2)7-3-6(13(15)16)4-8(9(7)11)10(12)14/h3-5H,11H2,1-2H3,(H2,12,14). The first-order chi connectivity index (χ1) is 7.34. The highest BCUT2D eigenvalue weighted by atomic mass is 16.6. The predicted molar refractivity (Wildman–Crippen MR) is 60.1 cm³/mol. The molecule has 0 aliphatic carbocycles. The number of benzene rings is 1. The van der Waals surface area contributed by atoms with Crippen molar-refractivity contribution >= 4 is 17.3 Å². The molecule has 16 heavy (non-hydrogen) atoms. The Morgan fingerprint density at radius 3 is 2.38 bits per heavy atom. The van der Waals surface area contributed by atoms with Crippen molar-refractivity contribution in [1.82, 2.24) is 0 Å². The second-order valence-electron chi connectivity index (χ2n) is 3.77. The van der Waals surface area contributed by atoms with E-state index in [1.54, 1.807) is 0 Å². The Bertz CT molecular complexity index is 455. The van der Waals surface area contributed by atoms with E-state index in [-0.39, 0.29) is 22.9 Å². The first kappa shape index (κ1) is 12.0. The van der Waals surface area contributed by atoms with Crippen LogP contribution in [0.2, 0.25) is 0 Å². The number of primary amides is 1. The van der Waals surface area contributed by atoms with Crippen molar-refractivity contribution in [2.75, 3.05) is 5.73 Å². The molecule has 4 N–H and O–H groups in total. The van der Waals surface area contributed by atoms with Crippen molar-refractivity contribution in [3.8, 4) is 0 Å². The molecule has 6 heteroatoms. The van der Waals surface area contributed by atoms with Gasteiger partial charge in [0.15, 0.2) is 0 Å². The van der Waals surface area contributed by atoms with Gasteiger partial charge in [-0.3, -0.25) is 14.9 Å². The van der Waals surface area contributed by atoms with Gasteiger partial charge in [0.25, 0.3) is 11.6 Å². The SMILES string of the molecule is CC(C)c1cc([N+](=O)[O-])cc(C(N)=O)c1N. The van der Waals surface area contributed by atoms with Crippen LogP contribution in [0.4, 0.5) is 11.4 Å². The minimum atomic E-state index is -0.761. The molecule has 0 aromatic heterocycles. The van der Waals surface area contributed by atoms with E-state index in [4.69, 9.17) is 11.5 Å². The lowest BCUT2D eigenvalue weighted by Crippen LogP contribution is -2.15. The van der Waals surface area contributed by atoms with E-state index in [9.17, 15) is 14.9 Å². The van der Waals surface area contributed by atoms with Crippen LogP contribution in [-0.4, -0.2) is 10.8 Å². The van der Waals surface area contributed by atoms with Crippen LogP contribution in [-0.2, 0) is 0 Å². The van der Waals surface area contributed by atoms with Crippen LogP contribution in [0.15, 0.2) is 12.1 Å². The van der Waals surface area contributed by atoms with Crippen molar-refractivity contribution in [3.05, 3.63) is 33.4 Å². The van der Waals surface area contributed by atoms with Gasteiger partial charge < -0.3 is 11.5 Å². The molecule has 0 unspecified atom stereocenters. The van der Waals surface area contributed by atoms with Gasteiger partial charge in [-0.25, -0.2) is 0 Å². The number of nitro benzene ring substituents is 1. The molecule has 86 valence electrons. The lowest BCUT2D eigenvalue weighted by atomic mass is 9.97. The number of rotatable bonds is 3. The van der Waals surface area contributed by atoms with Crippen molar-refractivity contribution in [2.24, 2.45) is 5.73 Å². The molecule has 0 atom stereocenters. The number of nitrogens with zero attached hydrogens (tertiary/aromatic N) is 1. The molecule has 1 amide bonds. The van der Waals surface area contributed by atoms with Crippen molar-refractivity contribution in [2.45, 2.75) is 19.8 Å². The third-order valence-electron chi connectivity index (χ3n) is 2.30. The fourth-order valence-corrected chi connectivity index (χ4v) is 1.45. The Labute approximate surface area is 92.4 Å². The summed E-state index contributed by atoms with van der Waals surface area (Å²) in [5, 5.41) is 10.7. The Balaban J connectivity index is 3.51. The number of non-ortho nitro benzene ring substituents is 1. The summed E-state index contributed by atoms with van der Waals surface area (Å²) < 4.78 is 0. The van der Waals surface area contributed by atoms with E-state index in [1.807, 2.05) is 13.8 Å². The molecule has 0 bridgehead atoms. The molecule has 1 rings (SSSR count). The number of nitro groups is 1. The zero-order valence-corrected chi connectivity index (χ0v) is 9.06. The van der Waals surface area contributed by atoms with Gasteiger partial charge in [0.05, 0.1) is 10.5 Å². The maximum absolute atomic E-state index is 11.1. The maximum Gasteiger partial charge on any atom is 0.270 e. The average molecular weight is 223 g/mol. The number of nitrogens with two attached hydrogens (primary N) is 2. The summed E-state index contributed by atoms with van der Waals surface area (Å²) in [6.45, 7) is 3.67. The van der Waals surface area contributed by atoms with Crippen molar-refractivity contribution < 1.29 is 9.72 Å². The lowest BCUT2D eigenvalue weighted by Gasteiger charge is -2.11. The van der Waals surface area contributed by atoms with Gasteiger partial charge in [0.1, 0.15) is 0 Å². The highest BCUT2D eigenvalue weighted by molar-refractivity contribution is 5.99. The van der Waals surface area contributed by atoms with Crippen LogP contribution < -0.4 is 11.5 Å². The van der Waals surface area contributed by atoms with Gasteiger partial charge in [0.2, 0.25) is 0 Å². The number of amides is 1. The zero-order valence-electron chi connectivity index (χ0n) is 9.06. The zero-order chi connectivity index (χ0) is 12.5. The molecule has 0 saturated heterocycles. The van der Waals surface area contributed by atoms with E-state index in [2.05, 4.69) is 0 Å². The molecular weight excluding hydrogens is 210 g/mol. The summed E-state index contributed by atoms with van der Waals surface area (Å²) in [7, 11) is 0. The van der Waals surface area contributed by atoms with E-state index in [1.165, 1.54) is 6.07 Å². The molecule has 0 heterocycles. The highest BCUT2D eigenvalue weighted by Crippen LogP contribution is 2.29. The summed E-state index contributed by atoms with van der Waals surface area (Å²) >= 11 is 0. The lowest BCUT2D eigenvalue weighted by molar-refractivity contribution is -0.384. The third kappa shape index (κ3) is 2.10. The molecule has 6 nitrogen and oxygen atoms in total. The predicted octanol–water partition coefficient (Wildman–Crippen LogP) is 1.40. The second kappa shape index (κ2) is 4.18. The number of nitrogen functional groups attached to an aromatic ring is 1. The topological polar surface area (TPSA) is 112 Å². The first-order valence-corrected chi connectivity index (χ1v) is 4.72. The molecule has 0 aliphatic rings. The average Bonchev–Trinajstić information content (AvgIpc) is 2.16. The first-order valence-electron chi connectivity index (χ1n) is 4.72.